The maximum Gasteiger partial charge on any atom is 0.488 e. The Morgan fingerprint density at radius 1 is 1.56 bits per heavy atom. The molecule has 1 rings (SSSR count). The van der Waals surface area contributed by atoms with Gasteiger partial charge < -0.3 is 10.0 Å². The minimum atomic E-state index is -1.29. The second kappa shape index (κ2) is 2.37. The number of allylic oxidation sites excluding steroid dienone is 4. The average molecular weight is 124 g/mol. The maximum absolute atomic E-state index is 8.67. The van der Waals surface area contributed by atoms with Crippen LogP contribution in [0.4, 0.5) is 0 Å². The van der Waals surface area contributed by atoms with Crippen LogP contribution in [0.25, 0.3) is 0 Å². The molecule has 0 bridgehead atoms. The van der Waals surface area contributed by atoms with Crippen LogP contribution in [0.15, 0.2) is 23.2 Å². The van der Waals surface area contributed by atoms with Crippen molar-refractivity contribution in [3.63, 3.8) is 0 Å². The van der Waals surface area contributed by atoms with Crippen molar-refractivity contribution >= 4 is 7.12 Å². The summed E-state index contributed by atoms with van der Waals surface area (Å²) >= 11 is 0. The fourth-order valence-corrected chi connectivity index (χ4v) is 0.929. The highest BCUT2D eigenvalue weighted by molar-refractivity contribution is 6.52. The van der Waals surface area contributed by atoms with Gasteiger partial charge in [-0.15, -0.1) is 0 Å². The molecule has 0 amide bonds. The van der Waals surface area contributed by atoms with E-state index in [0.717, 1.165) is 12.0 Å². The standard InChI is InChI=1S/C6H9BO2/c1-5-3-2-4-6(5)7(8)9/h2,4,8-9H,3H2,1H3. The van der Waals surface area contributed by atoms with Crippen LogP contribution in [0, 0.1) is 0 Å². The van der Waals surface area contributed by atoms with Gasteiger partial charge in [-0.25, -0.2) is 0 Å². The highest BCUT2D eigenvalue weighted by Crippen LogP contribution is 2.18. The fourth-order valence-electron chi connectivity index (χ4n) is 0.929. The molecule has 0 unspecified atom stereocenters. The van der Waals surface area contributed by atoms with Crippen molar-refractivity contribution < 1.29 is 10.0 Å². The predicted octanol–water partition coefficient (Wildman–Crippen LogP) is 0.275. The Labute approximate surface area is 54.7 Å². The van der Waals surface area contributed by atoms with Crippen molar-refractivity contribution in [1.29, 1.82) is 0 Å². The SMILES string of the molecule is CC1=C(B(O)O)C=CC1. The van der Waals surface area contributed by atoms with Gasteiger partial charge in [0.15, 0.2) is 0 Å². The molecule has 9 heavy (non-hydrogen) atoms. The van der Waals surface area contributed by atoms with Gasteiger partial charge in [-0.05, 0) is 18.8 Å². The van der Waals surface area contributed by atoms with E-state index in [9.17, 15) is 0 Å². The molecular formula is C6H9BO2. The Balaban J connectivity index is 2.77. The molecule has 1 aliphatic rings. The van der Waals surface area contributed by atoms with Crippen LogP contribution in [0.5, 0.6) is 0 Å². The first kappa shape index (κ1) is 6.58. The zero-order chi connectivity index (χ0) is 6.85. The van der Waals surface area contributed by atoms with Crippen molar-refractivity contribution in [2.24, 2.45) is 0 Å². The number of rotatable bonds is 1. The second-order valence-corrected chi connectivity index (χ2v) is 2.22. The number of hydrogen-bond acceptors (Lipinski definition) is 2. The Morgan fingerprint density at radius 2 is 2.22 bits per heavy atom. The molecule has 0 aromatic carbocycles. The topological polar surface area (TPSA) is 40.5 Å². The summed E-state index contributed by atoms with van der Waals surface area (Å²) in [6.07, 6.45) is 4.52. The van der Waals surface area contributed by atoms with Crippen molar-refractivity contribution in [1.82, 2.24) is 0 Å². The molecule has 2 N–H and O–H groups in total. The van der Waals surface area contributed by atoms with E-state index < -0.39 is 7.12 Å². The van der Waals surface area contributed by atoms with Crippen LogP contribution in [0.2, 0.25) is 0 Å². The van der Waals surface area contributed by atoms with Crippen molar-refractivity contribution in [3.8, 4) is 0 Å². The Morgan fingerprint density at radius 3 is 2.44 bits per heavy atom. The molecule has 0 saturated carbocycles. The first-order valence-electron chi connectivity index (χ1n) is 2.94. The maximum atomic E-state index is 8.67. The molecule has 0 aromatic heterocycles. The summed E-state index contributed by atoms with van der Waals surface area (Å²) in [7, 11) is -1.29. The monoisotopic (exact) mass is 124 g/mol. The first-order valence-corrected chi connectivity index (χ1v) is 2.94. The lowest BCUT2D eigenvalue weighted by atomic mass is 9.78. The van der Waals surface area contributed by atoms with Gasteiger partial charge in [0.1, 0.15) is 0 Å². The average Bonchev–Trinajstić information content (AvgIpc) is 2.13. The molecule has 0 saturated heterocycles. The first-order chi connectivity index (χ1) is 4.22. The molecule has 0 spiro atoms. The zero-order valence-electron chi connectivity index (χ0n) is 5.33. The molecule has 3 heteroatoms. The minimum absolute atomic E-state index is 0.648. The van der Waals surface area contributed by atoms with Gasteiger partial charge in [-0.3, -0.25) is 0 Å². The lowest BCUT2D eigenvalue weighted by molar-refractivity contribution is 0.420. The van der Waals surface area contributed by atoms with E-state index in [-0.39, 0.29) is 0 Å². The molecule has 1 aliphatic carbocycles. The van der Waals surface area contributed by atoms with Crippen LogP contribution in [-0.2, 0) is 0 Å². The van der Waals surface area contributed by atoms with Crippen LogP contribution >= 0.6 is 0 Å². The van der Waals surface area contributed by atoms with E-state index in [1.54, 1.807) is 6.08 Å². The van der Waals surface area contributed by atoms with Gasteiger partial charge in [-0.1, -0.05) is 17.7 Å². The van der Waals surface area contributed by atoms with Gasteiger partial charge in [0, 0.05) is 0 Å². The molecule has 0 aromatic rings. The smallest absolute Gasteiger partial charge is 0.423 e. The molecule has 0 radical (unpaired) electrons. The third-order valence-electron chi connectivity index (χ3n) is 1.49. The van der Waals surface area contributed by atoms with E-state index in [1.165, 1.54) is 0 Å². The second-order valence-electron chi connectivity index (χ2n) is 2.22. The van der Waals surface area contributed by atoms with Crippen molar-refractivity contribution in [2.45, 2.75) is 13.3 Å². The Bertz CT molecular complexity index is 170. The lowest BCUT2D eigenvalue weighted by Gasteiger charge is -1.97. The van der Waals surface area contributed by atoms with E-state index >= 15 is 0 Å². The summed E-state index contributed by atoms with van der Waals surface area (Å²) in [5, 5.41) is 17.3. The zero-order valence-corrected chi connectivity index (χ0v) is 5.33. The van der Waals surface area contributed by atoms with E-state index in [4.69, 9.17) is 10.0 Å². The van der Waals surface area contributed by atoms with Crippen LogP contribution in [-0.4, -0.2) is 17.2 Å². The summed E-state index contributed by atoms with van der Waals surface area (Å²) in [4.78, 5) is 0. The highest BCUT2D eigenvalue weighted by Gasteiger charge is 2.16. The fraction of sp³-hybridized carbons (Fsp3) is 0.333. The van der Waals surface area contributed by atoms with Crippen LogP contribution in [0.1, 0.15) is 13.3 Å². The minimum Gasteiger partial charge on any atom is -0.423 e. The Kier molecular flexibility index (Phi) is 1.74. The third kappa shape index (κ3) is 1.23. The summed E-state index contributed by atoms with van der Waals surface area (Å²) in [6, 6.07) is 0. The predicted molar refractivity (Wildman–Crippen MR) is 36.6 cm³/mol. The summed E-state index contributed by atoms with van der Waals surface area (Å²) in [5.41, 5.74) is 1.69. The van der Waals surface area contributed by atoms with E-state index in [1.807, 2.05) is 13.0 Å². The van der Waals surface area contributed by atoms with Crippen LogP contribution in [0.3, 0.4) is 0 Å². The molecule has 0 aliphatic heterocycles. The summed E-state index contributed by atoms with van der Waals surface area (Å²) in [5.74, 6) is 0. The molecule has 0 heterocycles. The quantitative estimate of drug-likeness (QED) is 0.492. The van der Waals surface area contributed by atoms with Gasteiger partial charge >= 0.3 is 7.12 Å². The molecule has 0 fully saturated rings. The highest BCUT2D eigenvalue weighted by atomic mass is 16.4. The van der Waals surface area contributed by atoms with E-state index in [2.05, 4.69) is 0 Å². The molecule has 48 valence electrons. The van der Waals surface area contributed by atoms with Gasteiger partial charge in [0.25, 0.3) is 0 Å². The molecular weight excluding hydrogens is 115 g/mol. The van der Waals surface area contributed by atoms with E-state index in [0.29, 0.717) is 5.47 Å². The lowest BCUT2D eigenvalue weighted by Crippen LogP contribution is -2.13. The van der Waals surface area contributed by atoms with Crippen molar-refractivity contribution in [2.75, 3.05) is 0 Å². The number of hydrogen-bond donors (Lipinski definition) is 2. The third-order valence-corrected chi connectivity index (χ3v) is 1.49. The normalized spacial score (nSPS) is 17.2. The van der Waals surface area contributed by atoms with Gasteiger partial charge in [0.05, 0.1) is 0 Å². The molecule has 0 atom stereocenters. The van der Waals surface area contributed by atoms with Gasteiger partial charge in [0.2, 0.25) is 0 Å². The summed E-state index contributed by atoms with van der Waals surface area (Å²) < 4.78 is 0. The largest absolute Gasteiger partial charge is 0.488 e. The Hall–Kier alpha value is -0.535. The summed E-state index contributed by atoms with van der Waals surface area (Å²) in [6.45, 7) is 1.90. The molecule has 2 nitrogen and oxygen atoms in total. The van der Waals surface area contributed by atoms with Crippen LogP contribution < -0.4 is 0 Å². The van der Waals surface area contributed by atoms with Crippen molar-refractivity contribution in [3.05, 3.63) is 23.2 Å². The van der Waals surface area contributed by atoms with Gasteiger partial charge in [-0.2, -0.15) is 0 Å².